The predicted molar refractivity (Wildman–Crippen MR) is 12.2 cm³/mol. The van der Waals surface area contributed by atoms with Crippen LogP contribution >= 0.6 is 0 Å². The molecular weight excluding hydrogens is 123 g/mol. The van der Waals surface area contributed by atoms with Crippen molar-refractivity contribution >= 4 is 11.9 Å². The summed E-state index contributed by atoms with van der Waals surface area (Å²) in [5, 5.41) is 0. The quantitative estimate of drug-likeness (QED) is 0.257. The zero-order chi connectivity index (χ0) is 2.71. The van der Waals surface area contributed by atoms with Crippen molar-refractivity contribution in [2.45, 2.75) is 0 Å². The van der Waals surface area contributed by atoms with E-state index in [1.54, 1.807) is 0 Å². The number of rotatable bonds is 0. The molecule has 30 valence electrons. The Morgan fingerprint density at radius 1 is 1.75 bits per heavy atom. The van der Waals surface area contributed by atoms with Crippen molar-refractivity contribution < 1.29 is 25.3 Å². The van der Waals surface area contributed by atoms with Crippen LogP contribution in [-0.4, -0.2) is 8.76 Å². The van der Waals surface area contributed by atoms with Gasteiger partial charge in [0, 0.05) is 16.5 Å². The summed E-state index contributed by atoms with van der Waals surface area (Å²) in [6.07, 6.45) is 0. The van der Waals surface area contributed by atoms with Crippen molar-refractivity contribution in [2.24, 2.45) is 0 Å². The van der Waals surface area contributed by atoms with Crippen molar-refractivity contribution in [3.8, 4) is 0 Å². The van der Waals surface area contributed by atoms with E-state index in [0.29, 0.717) is 0 Å². The van der Waals surface area contributed by atoms with Gasteiger partial charge in [-0.05, 0) is 0 Å². The molecule has 0 aliphatic carbocycles. The summed E-state index contributed by atoms with van der Waals surface area (Å²) >= 11 is -0.833. The van der Waals surface area contributed by atoms with Gasteiger partial charge >= 0.3 is 0 Å². The second-order valence-corrected chi connectivity index (χ2v) is 0.245. The average molecular weight is 125 g/mol. The number of thiol groups is 1. The molecule has 0 heterocycles. The van der Waals surface area contributed by atoms with E-state index in [0.717, 1.165) is 0 Å². The third-order valence-electron chi connectivity index (χ3n) is 0. The van der Waals surface area contributed by atoms with Gasteiger partial charge in [-0.2, -0.15) is 0 Å². The first-order chi connectivity index (χ1) is 1.41. The third-order valence-corrected chi connectivity index (χ3v) is 0. The summed E-state index contributed by atoms with van der Waals surface area (Å²) in [4.78, 5) is 0. The minimum atomic E-state index is -0.833. The molecule has 0 unspecified atom stereocenters. The molecule has 0 saturated heterocycles. The van der Waals surface area contributed by atoms with Gasteiger partial charge in [0.25, 0.3) is 0 Å². The summed E-state index contributed by atoms with van der Waals surface area (Å²) < 4.78 is 15.4. The van der Waals surface area contributed by atoms with Gasteiger partial charge in [0.2, 0.25) is 0 Å². The predicted octanol–water partition coefficient (Wildman–Crippen LogP) is -0.598. The fourth-order valence-corrected chi connectivity index (χ4v) is 0. The molecule has 0 spiro atoms. The molecular formula is H2NiO2S. The van der Waals surface area contributed by atoms with E-state index in [-0.39, 0.29) is 16.5 Å². The molecule has 2 nitrogen and oxygen atoms in total. The van der Waals surface area contributed by atoms with E-state index in [1.807, 2.05) is 0 Å². The normalized spacial score (nSPS) is 4.25. The van der Waals surface area contributed by atoms with Gasteiger partial charge in [-0.15, -0.1) is 0 Å². The molecule has 0 aromatic rings. The average Bonchev–Trinajstić information content (AvgIpc) is 0.918. The summed E-state index contributed by atoms with van der Waals surface area (Å²) in [7, 11) is 0. The van der Waals surface area contributed by atoms with Gasteiger partial charge in [0.05, 0.1) is 0 Å². The molecule has 0 aromatic carbocycles. The standard InChI is InChI=1S/Ni.H2O2S/c;1-3-2/h;3H,(H,1,2). The Balaban J connectivity index is 0. The molecule has 1 N–H and O–H groups in total. The Morgan fingerprint density at radius 2 is 1.75 bits per heavy atom. The molecule has 0 amide bonds. The van der Waals surface area contributed by atoms with E-state index < -0.39 is 11.9 Å². The molecule has 0 bridgehead atoms. The molecule has 0 aromatic heterocycles. The van der Waals surface area contributed by atoms with E-state index in [4.69, 9.17) is 8.76 Å². The van der Waals surface area contributed by atoms with Crippen LogP contribution in [0.15, 0.2) is 0 Å². The molecule has 0 saturated carbocycles. The first-order valence-electron chi connectivity index (χ1n) is 0.383. The van der Waals surface area contributed by atoms with Gasteiger partial charge < -0.3 is 4.55 Å². The van der Waals surface area contributed by atoms with Gasteiger partial charge in [-0.25, -0.2) is 4.21 Å². The summed E-state index contributed by atoms with van der Waals surface area (Å²) in [5.74, 6) is 0. The van der Waals surface area contributed by atoms with Crippen molar-refractivity contribution in [3.63, 3.8) is 0 Å². The van der Waals surface area contributed by atoms with Crippen LogP contribution in [0.2, 0.25) is 0 Å². The number of hydrogen-bond acceptors (Lipinski definition) is 1. The van der Waals surface area contributed by atoms with Crippen LogP contribution < -0.4 is 0 Å². The second-order valence-electron chi connectivity index (χ2n) is 0.0816. The monoisotopic (exact) mass is 124 g/mol. The zero-order valence-electron chi connectivity index (χ0n) is 1.62. The summed E-state index contributed by atoms with van der Waals surface area (Å²) in [6, 6.07) is 0. The van der Waals surface area contributed by atoms with Gasteiger partial charge in [0.15, 0.2) is 0 Å². The van der Waals surface area contributed by atoms with E-state index in [1.165, 1.54) is 0 Å². The minimum Gasteiger partial charge on any atom is -0.308 e. The first kappa shape index (κ1) is 8.82. The molecule has 4 heteroatoms. The van der Waals surface area contributed by atoms with Crippen LogP contribution in [0.3, 0.4) is 0 Å². The van der Waals surface area contributed by atoms with Crippen LogP contribution in [0.5, 0.6) is 0 Å². The zero-order valence-corrected chi connectivity index (χ0v) is 3.50. The minimum absolute atomic E-state index is 0. The first-order valence-corrected chi connectivity index (χ1v) is 1.15. The smallest absolute Gasteiger partial charge is 0.139 e. The maximum atomic E-state index is 8.46. The van der Waals surface area contributed by atoms with Gasteiger partial charge in [-0.1, -0.05) is 0 Å². The Hall–Kier alpha value is 0.604. The molecule has 0 radical (unpaired) electrons. The topological polar surface area (TPSA) is 37.3 Å². The largest absolute Gasteiger partial charge is 0.308 e. The Morgan fingerprint density at radius 3 is 1.75 bits per heavy atom. The third kappa shape index (κ3) is 18.4. The van der Waals surface area contributed by atoms with Crippen molar-refractivity contribution in [2.75, 3.05) is 0 Å². The van der Waals surface area contributed by atoms with Crippen molar-refractivity contribution in [1.29, 1.82) is 0 Å². The fraction of sp³-hybridized carbons (Fsp3) is 0. The Bertz CT molecular complexity index is 13.5. The van der Waals surface area contributed by atoms with Gasteiger partial charge in [-0.3, -0.25) is 0 Å². The molecule has 4 heavy (non-hydrogen) atoms. The summed E-state index contributed by atoms with van der Waals surface area (Å²) in [5.41, 5.74) is 0. The second kappa shape index (κ2) is 9.50. The van der Waals surface area contributed by atoms with E-state index in [2.05, 4.69) is 0 Å². The molecule has 0 aliphatic heterocycles. The SMILES string of the molecule is O=[SH]O.[Ni]. The molecule has 0 aliphatic rings. The van der Waals surface area contributed by atoms with Crippen LogP contribution in [0.4, 0.5) is 0 Å². The fourth-order valence-electron chi connectivity index (χ4n) is 0. The molecule has 0 rings (SSSR count). The maximum Gasteiger partial charge on any atom is 0.139 e. The van der Waals surface area contributed by atoms with Crippen LogP contribution in [-0.2, 0) is 28.4 Å². The Labute approximate surface area is 37.8 Å². The van der Waals surface area contributed by atoms with Crippen LogP contribution in [0, 0.1) is 0 Å². The maximum absolute atomic E-state index is 8.46. The van der Waals surface area contributed by atoms with Crippen molar-refractivity contribution in [3.05, 3.63) is 0 Å². The Kier molecular flexibility index (Phi) is 20.9. The molecule has 0 atom stereocenters. The van der Waals surface area contributed by atoms with E-state index in [9.17, 15) is 0 Å². The van der Waals surface area contributed by atoms with Crippen molar-refractivity contribution in [1.82, 2.24) is 0 Å². The van der Waals surface area contributed by atoms with E-state index >= 15 is 0 Å². The number of hydrogen-bond donors (Lipinski definition) is 2. The molecule has 0 fully saturated rings. The van der Waals surface area contributed by atoms with Crippen LogP contribution in [0.1, 0.15) is 0 Å². The van der Waals surface area contributed by atoms with Gasteiger partial charge in [0.1, 0.15) is 11.9 Å². The summed E-state index contributed by atoms with van der Waals surface area (Å²) in [6.45, 7) is 0. The van der Waals surface area contributed by atoms with Crippen LogP contribution in [0.25, 0.3) is 0 Å².